The molecule has 0 aromatic heterocycles. The van der Waals surface area contributed by atoms with Gasteiger partial charge in [0.2, 0.25) is 5.91 Å². The van der Waals surface area contributed by atoms with E-state index in [1.807, 2.05) is 69.9 Å². The summed E-state index contributed by atoms with van der Waals surface area (Å²) in [6.45, 7) is 10.6. The molecule has 1 aromatic rings. The van der Waals surface area contributed by atoms with E-state index in [0.29, 0.717) is 13.0 Å². The average Bonchev–Trinajstić information content (AvgIpc) is 2.82. The minimum Gasteiger partial charge on any atom is -0.462 e. The van der Waals surface area contributed by atoms with Crippen LogP contribution in [0.2, 0.25) is 0 Å². The number of nitrogens with zero attached hydrogens (tertiary/aromatic N) is 1. The van der Waals surface area contributed by atoms with Gasteiger partial charge in [-0.05, 0) is 33.3 Å². The molecule has 5 heteroatoms. The van der Waals surface area contributed by atoms with Crippen molar-refractivity contribution in [2.24, 2.45) is 11.8 Å². The second-order valence-electron chi connectivity index (χ2n) is 7.14. The largest absolute Gasteiger partial charge is 0.462 e. The Labute approximate surface area is 144 Å². The van der Waals surface area contributed by atoms with Gasteiger partial charge in [0.15, 0.2) is 0 Å². The van der Waals surface area contributed by atoms with Crippen LogP contribution in [0.3, 0.4) is 0 Å². The summed E-state index contributed by atoms with van der Waals surface area (Å²) in [7, 11) is 0. The van der Waals surface area contributed by atoms with Crippen LogP contribution < -0.4 is 0 Å². The molecule has 0 saturated carbocycles. The number of likely N-dealkylation sites (tertiary alicyclic amines) is 1. The van der Waals surface area contributed by atoms with E-state index in [9.17, 15) is 14.7 Å². The number of ether oxygens (including phenoxy) is 1. The van der Waals surface area contributed by atoms with Gasteiger partial charge in [-0.15, -0.1) is 0 Å². The van der Waals surface area contributed by atoms with Crippen LogP contribution in [0.15, 0.2) is 30.3 Å². The highest BCUT2D eigenvalue weighted by molar-refractivity contribution is 5.81. The van der Waals surface area contributed by atoms with Gasteiger partial charge in [-0.2, -0.15) is 0 Å². The maximum absolute atomic E-state index is 12.1. The Morgan fingerprint density at radius 2 is 1.92 bits per heavy atom. The Balaban J connectivity index is 0.000000351. The molecular weight excluding hydrogens is 306 g/mol. The molecule has 1 fully saturated rings. The summed E-state index contributed by atoms with van der Waals surface area (Å²) in [5, 5.41) is 9.25. The lowest BCUT2D eigenvalue weighted by molar-refractivity contribution is -0.138. The van der Waals surface area contributed by atoms with Crippen molar-refractivity contribution in [2.45, 2.75) is 46.3 Å². The maximum atomic E-state index is 12.1. The van der Waals surface area contributed by atoms with Crippen molar-refractivity contribution in [1.29, 1.82) is 0 Å². The van der Waals surface area contributed by atoms with E-state index in [1.54, 1.807) is 0 Å². The Morgan fingerprint density at radius 1 is 1.33 bits per heavy atom. The molecular formula is C19H29NO4. The minimum atomic E-state index is -0.318. The first kappa shape index (κ1) is 20.2. The second kappa shape index (κ2) is 8.83. The van der Waals surface area contributed by atoms with Crippen LogP contribution in [0.5, 0.6) is 0 Å². The number of hydrogen-bond acceptors (Lipinski definition) is 4. The van der Waals surface area contributed by atoms with Crippen LogP contribution >= 0.6 is 0 Å². The summed E-state index contributed by atoms with van der Waals surface area (Å²) < 4.78 is 4.55. The fraction of sp³-hybridized carbons (Fsp3) is 0.579. The van der Waals surface area contributed by atoms with Crippen LogP contribution in [0.4, 0.5) is 0 Å². The molecule has 0 aliphatic carbocycles. The van der Waals surface area contributed by atoms with E-state index in [1.165, 1.54) is 0 Å². The van der Waals surface area contributed by atoms with Gasteiger partial charge < -0.3 is 14.7 Å². The molecule has 24 heavy (non-hydrogen) atoms. The third kappa shape index (κ3) is 5.64. The van der Waals surface area contributed by atoms with E-state index in [0.717, 1.165) is 5.56 Å². The first-order chi connectivity index (χ1) is 11.2. The number of hydrogen-bond donors (Lipinski definition) is 1. The molecule has 1 saturated heterocycles. The molecule has 1 aliphatic heterocycles. The predicted octanol–water partition coefficient (Wildman–Crippen LogP) is 2.79. The summed E-state index contributed by atoms with van der Waals surface area (Å²) in [4.78, 5) is 23.6. The molecule has 1 heterocycles. The molecule has 3 unspecified atom stereocenters. The van der Waals surface area contributed by atoms with Crippen LogP contribution in [0.1, 0.15) is 46.2 Å². The van der Waals surface area contributed by atoms with Gasteiger partial charge in [0.25, 0.3) is 6.47 Å². The second-order valence-corrected chi connectivity index (χ2v) is 7.14. The summed E-state index contributed by atoms with van der Waals surface area (Å²) in [6, 6.07) is 10.1. The zero-order valence-electron chi connectivity index (χ0n) is 15.2. The highest BCUT2D eigenvalue weighted by atomic mass is 16.5. The van der Waals surface area contributed by atoms with E-state index in [2.05, 4.69) is 4.74 Å². The Bertz CT molecular complexity index is 524. The lowest BCUT2D eigenvalue weighted by Crippen LogP contribution is -2.29. The third-order valence-corrected chi connectivity index (χ3v) is 4.20. The third-order valence-electron chi connectivity index (χ3n) is 4.20. The van der Waals surface area contributed by atoms with Crippen molar-refractivity contribution in [3.63, 3.8) is 0 Å². The predicted molar refractivity (Wildman–Crippen MR) is 93.2 cm³/mol. The van der Waals surface area contributed by atoms with Crippen molar-refractivity contribution in [3.05, 3.63) is 35.9 Å². The highest BCUT2D eigenvalue weighted by Crippen LogP contribution is 2.31. The Morgan fingerprint density at radius 3 is 2.29 bits per heavy atom. The normalized spacial score (nSPS) is 21.8. The van der Waals surface area contributed by atoms with E-state index < -0.39 is 0 Å². The van der Waals surface area contributed by atoms with E-state index in [4.69, 9.17) is 0 Å². The molecule has 2 rings (SSSR count). The smallest absolute Gasteiger partial charge is 0.293 e. The molecule has 1 N–H and O–H groups in total. The van der Waals surface area contributed by atoms with Crippen molar-refractivity contribution in [2.75, 3.05) is 13.2 Å². The monoisotopic (exact) mass is 335 g/mol. The van der Waals surface area contributed by atoms with Crippen molar-refractivity contribution in [1.82, 2.24) is 4.90 Å². The SMILES string of the molecule is CC(C)(C)OC=O.CC1C(=O)N(C(C)c2ccccc2)CC1CO. The molecule has 5 nitrogen and oxygen atoms in total. The molecule has 1 aliphatic rings. The molecule has 3 atom stereocenters. The van der Waals surface area contributed by atoms with Crippen LogP contribution in [0, 0.1) is 11.8 Å². The number of carbonyl (C=O) groups is 2. The summed E-state index contributed by atoms with van der Waals surface area (Å²) in [6.07, 6.45) is 0. The molecule has 0 bridgehead atoms. The van der Waals surface area contributed by atoms with E-state index in [-0.39, 0.29) is 36.0 Å². The highest BCUT2D eigenvalue weighted by Gasteiger charge is 2.39. The Hall–Kier alpha value is -1.88. The van der Waals surface area contributed by atoms with Gasteiger partial charge in [-0.1, -0.05) is 37.3 Å². The lowest BCUT2D eigenvalue weighted by Gasteiger charge is -2.25. The summed E-state index contributed by atoms with van der Waals surface area (Å²) >= 11 is 0. The number of carbonyl (C=O) groups excluding carboxylic acids is 2. The van der Waals surface area contributed by atoms with Crippen molar-refractivity contribution in [3.8, 4) is 0 Å². The zero-order chi connectivity index (χ0) is 18.3. The summed E-state index contributed by atoms with van der Waals surface area (Å²) in [5.41, 5.74) is 0.827. The number of aliphatic hydroxyl groups excluding tert-OH is 1. The number of amides is 1. The molecule has 1 amide bonds. The van der Waals surface area contributed by atoms with Crippen molar-refractivity contribution >= 4 is 12.4 Å². The quantitative estimate of drug-likeness (QED) is 0.859. The molecule has 1 aromatic carbocycles. The number of rotatable bonds is 4. The van der Waals surface area contributed by atoms with Gasteiger partial charge >= 0.3 is 0 Å². The fourth-order valence-corrected chi connectivity index (χ4v) is 2.58. The van der Waals surface area contributed by atoms with Gasteiger partial charge in [0, 0.05) is 25.0 Å². The Kier molecular flexibility index (Phi) is 7.42. The summed E-state index contributed by atoms with van der Waals surface area (Å²) in [5.74, 6) is 0.167. The van der Waals surface area contributed by atoms with Gasteiger partial charge in [0.1, 0.15) is 5.60 Å². The molecule has 0 radical (unpaired) electrons. The van der Waals surface area contributed by atoms with Crippen LogP contribution in [0.25, 0.3) is 0 Å². The average molecular weight is 335 g/mol. The molecule has 0 spiro atoms. The minimum absolute atomic E-state index is 0.0637. The standard InChI is InChI=1S/C14H19NO2.C5H10O2/c1-10-13(9-16)8-15(14(10)17)11(2)12-6-4-3-5-7-12;1-5(2,3)7-4-6/h3-7,10-11,13,16H,8-9H2,1-2H3;4H,1-3H3. The van der Waals surface area contributed by atoms with Crippen molar-refractivity contribution < 1.29 is 19.4 Å². The topological polar surface area (TPSA) is 66.8 Å². The van der Waals surface area contributed by atoms with Gasteiger partial charge in [-0.25, -0.2) is 0 Å². The lowest BCUT2D eigenvalue weighted by atomic mass is 9.99. The number of benzene rings is 1. The van der Waals surface area contributed by atoms with Gasteiger partial charge in [0.05, 0.1) is 6.04 Å². The zero-order valence-corrected chi connectivity index (χ0v) is 15.2. The maximum Gasteiger partial charge on any atom is 0.293 e. The number of aliphatic hydroxyl groups is 1. The van der Waals surface area contributed by atoms with Gasteiger partial charge in [-0.3, -0.25) is 9.59 Å². The van der Waals surface area contributed by atoms with Crippen LogP contribution in [-0.2, 0) is 14.3 Å². The first-order valence-electron chi connectivity index (χ1n) is 8.29. The van der Waals surface area contributed by atoms with Crippen LogP contribution in [-0.4, -0.2) is 41.1 Å². The molecule has 134 valence electrons. The first-order valence-corrected chi connectivity index (χ1v) is 8.29. The fourth-order valence-electron chi connectivity index (χ4n) is 2.58. The van der Waals surface area contributed by atoms with E-state index >= 15 is 0 Å².